The molecule has 1 aromatic heterocycles. The van der Waals surface area contributed by atoms with Crippen molar-refractivity contribution in [1.82, 2.24) is 9.55 Å². The van der Waals surface area contributed by atoms with Crippen molar-refractivity contribution in [2.75, 3.05) is 24.3 Å². The number of anilines is 2. The molecule has 0 aliphatic rings. The van der Waals surface area contributed by atoms with Crippen molar-refractivity contribution in [2.24, 2.45) is 0 Å². The normalized spacial score (nSPS) is 10.6. The molecule has 0 atom stereocenters. The first-order valence-electron chi connectivity index (χ1n) is 10.3. The SMILES string of the molecule is CCCCn1c(N)c(N(C)C(=O)COc2ccc(Oc3ccccc3)cc2)c(=O)[nH]c1=O. The maximum absolute atomic E-state index is 12.6. The number of ether oxygens (including phenoxy) is 2. The fraction of sp³-hybridized carbons (Fsp3) is 0.261. The highest BCUT2D eigenvalue weighted by molar-refractivity contribution is 5.96. The first-order chi connectivity index (χ1) is 15.4. The molecular formula is C23H26N4O5. The van der Waals surface area contributed by atoms with E-state index in [4.69, 9.17) is 15.2 Å². The van der Waals surface area contributed by atoms with E-state index in [-0.39, 0.29) is 18.1 Å². The molecule has 9 nitrogen and oxygen atoms in total. The summed E-state index contributed by atoms with van der Waals surface area (Å²) in [6, 6.07) is 16.2. The van der Waals surface area contributed by atoms with Gasteiger partial charge in [0, 0.05) is 13.6 Å². The number of carbonyl (C=O) groups excluding carboxylic acids is 1. The molecule has 0 bridgehead atoms. The molecule has 32 heavy (non-hydrogen) atoms. The van der Waals surface area contributed by atoms with Gasteiger partial charge in [0.05, 0.1) is 0 Å². The largest absolute Gasteiger partial charge is 0.484 e. The Morgan fingerprint density at radius 3 is 2.31 bits per heavy atom. The number of aromatic nitrogens is 2. The Balaban J connectivity index is 1.66. The molecule has 3 N–H and O–H groups in total. The van der Waals surface area contributed by atoms with Gasteiger partial charge in [0.25, 0.3) is 11.5 Å². The van der Waals surface area contributed by atoms with Crippen LogP contribution in [0.3, 0.4) is 0 Å². The monoisotopic (exact) mass is 438 g/mol. The Bertz CT molecular complexity index is 1170. The van der Waals surface area contributed by atoms with E-state index in [0.717, 1.165) is 11.3 Å². The van der Waals surface area contributed by atoms with Gasteiger partial charge in [0.15, 0.2) is 12.3 Å². The smallest absolute Gasteiger partial charge is 0.330 e. The van der Waals surface area contributed by atoms with E-state index in [2.05, 4.69) is 4.98 Å². The predicted molar refractivity (Wildman–Crippen MR) is 123 cm³/mol. The van der Waals surface area contributed by atoms with Crippen LogP contribution in [-0.2, 0) is 11.3 Å². The van der Waals surface area contributed by atoms with Crippen molar-refractivity contribution in [1.29, 1.82) is 0 Å². The van der Waals surface area contributed by atoms with Gasteiger partial charge >= 0.3 is 5.69 Å². The first kappa shape index (κ1) is 22.7. The van der Waals surface area contributed by atoms with Crippen LogP contribution < -0.4 is 31.4 Å². The molecule has 1 amide bonds. The van der Waals surface area contributed by atoms with Gasteiger partial charge in [-0.1, -0.05) is 31.5 Å². The molecule has 0 saturated carbocycles. The highest BCUT2D eigenvalue weighted by atomic mass is 16.5. The molecule has 0 saturated heterocycles. The number of H-pyrrole nitrogens is 1. The van der Waals surface area contributed by atoms with Gasteiger partial charge in [-0.25, -0.2) is 4.79 Å². The molecular weight excluding hydrogens is 412 g/mol. The third-order valence-electron chi connectivity index (χ3n) is 4.82. The van der Waals surface area contributed by atoms with Gasteiger partial charge in [-0.3, -0.25) is 19.1 Å². The molecule has 0 aliphatic carbocycles. The van der Waals surface area contributed by atoms with Crippen molar-refractivity contribution < 1.29 is 14.3 Å². The lowest BCUT2D eigenvalue weighted by Crippen LogP contribution is -2.40. The van der Waals surface area contributed by atoms with Crippen LogP contribution in [0, 0.1) is 0 Å². The summed E-state index contributed by atoms with van der Waals surface area (Å²) in [6.07, 6.45) is 1.55. The second kappa shape index (κ2) is 10.3. The quantitative estimate of drug-likeness (QED) is 0.530. The summed E-state index contributed by atoms with van der Waals surface area (Å²) in [5, 5.41) is 0. The molecule has 0 aliphatic heterocycles. The van der Waals surface area contributed by atoms with E-state index in [1.807, 2.05) is 37.3 Å². The molecule has 1 heterocycles. The molecule has 0 spiro atoms. The van der Waals surface area contributed by atoms with Gasteiger partial charge in [-0.05, 0) is 42.8 Å². The molecule has 0 unspecified atom stereocenters. The zero-order valence-corrected chi connectivity index (χ0v) is 18.0. The Morgan fingerprint density at radius 2 is 1.66 bits per heavy atom. The lowest BCUT2D eigenvalue weighted by Gasteiger charge is -2.20. The number of hydrogen-bond acceptors (Lipinski definition) is 6. The minimum Gasteiger partial charge on any atom is -0.484 e. The minimum atomic E-state index is -0.724. The van der Waals surface area contributed by atoms with E-state index >= 15 is 0 Å². The summed E-state index contributed by atoms with van der Waals surface area (Å²) in [7, 11) is 1.41. The zero-order chi connectivity index (χ0) is 23.1. The summed E-state index contributed by atoms with van der Waals surface area (Å²) in [4.78, 5) is 40.3. The number of nitrogens with one attached hydrogen (secondary N) is 1. The van der Waals surface area contributed by atoms with Crippen LogP contribution in [0.5, 0.6) is 17.2 Å². The zero-order valence-electron chi connectivity index (χ0n) is 18.0. The van der Waals surface area contributed by atoms with Crippen LogP contribution in [0.4, 0.5) is 11.5 Å². The number of rotatable bonds is 9. The van der Waals surface area contributed by atoms with E-state index in [1.165, 1.54) is 11.6 Å². The van der Waals surface area contributed by atoms with Gasteiger partial charge in [-0.2, -0.15) is 0 Å². The Hall–Kier alpha value is -4.01. The fourth-order valence-corrected chi connectivity index (χ4v) is 3.03. The minimum absolute atomic E-state index is 0.0505. The van der Waals surface area contributed by atoms with Gasteiger partial charge in [0.1, 0.15) is 23.1 Å². The number of nitrogen functional groups attached to an aromatic ring is 1. The van der Waals surface area contributed by atoms with Gasteiger partial charge < -0.3 is 20.1 Å². The van der Waals surface area contributed by atoms with Crippen LogP contribution >= 0.6 is 0 Å². The van der Waals surface area contributed by atoms with Crippen LogP contribution in [-0.4, -0.2) is 29.1 Å². The van der Waals surface area contributed by atoms with Crippen LogP contribution in [0.2, 0.25) is 0 Å². The highest BCUT2D eigenvalue weighted by Gasteiger charge is 2.21. The maximum atomic E-state index is 12.6. The van der Waals surface area contributed by atoms with E-state index in [9.17, 15) is 14.4 Å². The summed E-state index contributed by atoms with van der Waals surface area (Å²) in [5.74, 6) is 1.25. The van der Waals surface area contributed by atoms with Crippen molar-refractivity contribution in [2.45, 2.75) is 26.3 Å². The summed E-state index contributed by atoms with van der Waals surface area (Å²) in [6.45, 7) is 2.00. The third-order valence-corrected chi connectivity index (χ3v) is 4.82. The summed E-state index contributed by atoms with van der Waals surface area (Å²) < 4.78 is 12.5. The summed E-state index contributed by atoms with van der Waals surface area (Å²) >= 11 is 0. The average molecular weight is 438 g/mol. The fourth-order valence-electron chi connectivity index (χ4n) is 3.03. The predicted octanol–water partition coefficient (Wildman–Crippen LogP) is 2.75. The second-order valence-corrected chi connectivity index (χ2v) is 7.13. The summed E-state index contributed by atoms with van der Waals surface area (Å²) in [5.41, 5.74) is 4.64. The van der Waals surface area contributed by atoms with Crippen LogP contribution in [0.1, 0.15) is 19.8 Å². The molecule has 3 aromatic rings. The Kier molecular flexibility index (Phi) is 7.33. The number of likely N-dealkylation sites (N-methyl/N-ethyl adjacent to an activating group) is 1. The third kappa shape index (κ3) is 5.37. The maximum Gasteiger partial charge on any atom is 0.330 e. The van der Waals surface area contributed by atoms with E-state index < -0.39 is 17.2 Å². The second-order valence-electron chi connectivity index (χ2n) is 7.13. The number of amides is 1. The number of para-hydroxylation sites is 1. The van der Waals surface area contributed by atoms with Crippen LogP contribution in [0.15, 0.2) is 64.2 Å². The standard InChI is InChI=1S/C23H26N4O5/c1-3-4-14-27-21(24)20(22(29)25-23(27)30)26(2)19(28)15-31-16-10-12-18(13-11-16)32-17-8-6-5-7-9-17/h5-13H,3-4,14-15,24H2,1-2H3,(H,25,29,30). The van der Waals surface area contributed by atoms with Gasteiger partial charge in [0.2, 0.25) is 0 Å². The molecule has 2 aromatic carbocycles. The number of unbranched alkanes of at least 4 members (excludes halogenated alkanes) is 1. The lowest BCUT2D eigenvalue weighted by atomic mass is 10.3. The molecule has 3 rings (SSSR count). The van der Waals surface area contributed by atoms with E-state index in [0.29, 0.717) is 30.2 Å². The molecule has 0 fully saturated rings. The highest BCUT2D eigenvalue weighted by Crippen LogP contribution is 2.23. The number of nitrogens with zero attached hydrogens (tertiary/aromatic N) is 2. The number of carbonyl (C=O) groups is 1. The lowest BCUT2D eigenvalue weighted by molar-refractivity contribution is -0.120. The van der Waals surface area contributed by atoms with Crippen molar-refractivity contribution in [3.05, 3.63) is 75.4 Å². The Labute approximate surface area is 185 Å². The van der Waals surface area contributed by atoms with Gasteiger partial charge in [-0.15, -0.1) is 0 Å². The number of aromatic amines is 1. The van der Waals surface area contributed by atoms with Crippen molar-refractivity contribution >= 4 is 17.4 Å². The number of hydrogen-bond donors (Lipinski definition) is 2. The average Bonchev–Trinajstić information content (AvgIpc) is 2.78. The Morgan fingerprint density at radius 1 is 1.03 bits per heavy atom. The van der Waals surface area contributed by atoms with Crippen LogP contribution in [0.25, 0.3) is 0 Å². The number of nitrogens with two attached hydrogens (primary N) is 1. The number of benzene rings is 2. The van der Waals surface area contributed by atoms with Crippen molar-refractivity contribution in [3.63, 3.8) is 0 Å². The first-order valence-corrected chi connectivity index (χ1v) is 10.3. The molecule has 168 valence electrons. The van der Waals surface area contributed by atoms with Crippen molar-refractivity contribution in [3.8, 4) is 17.2 Å². The van der Waals surface area contributed by atoms with E-state index in [1.54, 1.807) is 24.3 Å². The molecule has 0 radical (unpaired) electrons. The topological polar surface area (TPSA) is 120 Å². The molecule has 9 heteroatoms.